The fourth-order valence-corrected chi connectivity index (χ4v) is 3.05. The first-order chi connectivity index (χ1) is 9.53. The maximum Gasteiger partial charge on any atom is 0.251 e. The maximum absolute atomic E-state index is 12.1. The Kier molecular flexibility index (Phi) is 6.60. The van der Waals surface area contributed by atoms with Crippen LogP contribution in [0.4, 0.5) is 0 Å². The Morgan fingerprint density at radius 1 is 1.29 bits per heavy atom. The van der Waals surface area contributed by atoms with Crippen molar-refractivity contribution in [3.05, 3.63) is 29.8 Å². The normalized spacial score (nSPS) is 14.3. The van der Waals surface area contributed by atoms with E-state index in [4.69, 9.17) is 0 Å². The van der Waals surface area contributed by atoms with Crippen LogP contribution in [0, 0.1) is 0 Å². The minimum absolute atomic E-state index is 0. The third-order valence-corrected chi connectivity index (χ3v) is 4.48. The molecule has 6 nitrogen and oxygen atoms in total. The van der Waals surface area contributed by atoms with Gasteiger partial charge >= 0.3 is 0 Å². The molecule has 0 saturated heterocycles. The number of carbonyl (C=O) groups is 1. The molecule has 1 amide bonds. The van der Waals surface area contributed by atoms with Crippen LogP contribution in [0.25, 0.3) is 0 Å². The Hall–Kier alpha value is -1.15. The van der Waals surface area contributed by atoms with E-state index in [1.54, 1.807) is 19.2 Å². The van der Waals surface area contributed by atoms with Gasteiger partial charge in [-0.05, 0) is 38.1 Å². The van der Waals surface area contributed by atoms with Crippen molar-refractivity contribution in [2.75, 3.05) is 20.1 Å². The summed E-state index contributed by atoms with van der Waals surface area (Å²) in [5.41, 5.74) is 0.347. The lowest BCUT2D eigenvalue weighted by atomic mass is 10.2. The molecular weight excluding hydrogens is 314 g/mol. The quantitative estimate of drug-likeness (QED) is 0.634. The van der Waals surface area contributed by atoms with Crippen LogP contribution in [-0.4, -0.2) is 40.5 Å². The topological polar surface area (TPSA) is 87.3 Å². The summed E-state index contributed by atoms with van der Waals surface area (Å²) in [5, 5.41) is 5.63. The summed E-state index contributed by atoms with van der Waals surface area (Å²) < 4.78 is 26.7. The predicted molar refractivity (Wildman–Crippen MR) is 83.3 cm³/mol. The molecular formula is C13H20ClN3O3S. The van der Waals surface area contributed by atoms with E-state index in [0.29, 0.717) is 18.7 Å². The summed E-state index contributed by atoms with van der Waals surface area (Å²) in [6.07, 6.45) is 1.76. The predicted octanol–water partition coefficient (Wildman–Crippen LogP) is 0.498. The molecule has 8 heteroatoms. The van der Waals surface area contributed by atoms with E-state index in [1.165, 1.54) is 12.1 Å². The molecule has 0 aromatic heterocycles. The molecule has 1 fully saturated rings. The second kappa shape index (κ2) is 7.74. The SMILES string of the molecule is CNCCNC(=O)c1cccc(S(=O)(=O)NC2CC2)c1.Cl. The zero-order valence-corrected chi connectivity index (χ0v) is 13.4. The molecule has 1 aromatic rings. The van der Waals surface area contributed by atoms with Crippen molar-refractivity contribution in [2.24, 2.45) is 0 Å². The molecule has 0 atom stereocenters. The third-order valence-electron chi connectivity index (χ3n) is 2.97. The zero-order valence-electron chi connectivity index (χ0n) is 11.8. The van der Waals surface area contributed by atoms with Crippen LogP contribution in [0.1, 0.15) is 23.2 Å². The molecule has 3 N–H and O–H groups in total. The maximum atomic E-state index is 12.1. The highest BCUT2D eigenvalue weighted by Gasteiger charge is 2.28. The van der Waals surface area contributed by atoms with Crippen molar-refractivity contribution in [1.82, 2.24) is 15.4 Å². The van der Waals surface area contributed by atoms with Gasteiger partial charge in [-0.1, -0.05) is 6.07 Å². The molecule has 0 bridgehead atoms. The Balaban J connectivity index is 0.00000220. The summed E-state index contributed by atoms with van der Waals surface area (Å²) in [4.78, 5) is 12.0. The second-order valence-electron chi connectivity index (χ2n) is 4.78. The number of carbonyl (C=O) groups excluding carboxylic acids is 1. The highest BCUT2D eigenvalue weighted by molar-refractivity contribution is 7.89. The number of halogens is 1. The van der Waals surface area contributed by atoms with Crippen LogP contribution >= 0.6 is 12.4 Å². The molecule has 2 rings (SSSR count). The zero-order chi connectivity index (χ0) is 14.6. The van der Waals surface area contributed by atoms with E-state index in [2.05, 4.69) is 15.4 Å². The van der Waals surface area contributed by atoms with Gasteiger partial charge in [0.25, 0.3) is 5.91 Å². The van der Waals surface area contributed by atoms with Crippen molar-refractivity contribution >= 4 is 28.3 Å². The van der Waals surface area contributed by atoms with E-state index in [1.807, 2.05) is 0 Å². The van der Waals surface area contributed by atoms with Gasteiger partial charge in [-0.3, -0.25) is 4.79 Å². The minimum atomic E-state index is -3.52. The van der Waals surface area contributed by atoms with Gasteiger partial charge < -0.3 is 10.6 Å². The smallest absolute Gasteiger partial charge is 0.251 e. The molecule has 0 spiro atoms. The first-order valence-electron chi connectivity index (χ1n) is 6.58. The highest BCUT2D eigenvalue weighted by atomic mass is 35.5. The van der Waals surface area contributed by atoms with Gasteiger partial charge in [-0.2, -0.15) is 0 Å². The highest BCUT2D eigenvalue weighted by Crippen LogP contribution is 2.22. The van der Waals surface area contributed by atoms with Crippen molar-refractivity contribution in [3.63, 3.8) is 0 Å². The van der Waals surface area contributed by atoms with Crippen molar-refractivity contribution in [1.29, 1.82) is 0 Å². The van der Waals surface area contributed by atoms with Gasteiger partial charge in [0.1, 0.15) is 0 Å². The van der Waals surface area contributed by atoms with E-state index in [0.717, 1.165) is 12.8 Å². The number of amides is 1. The molecule has 1 aliphatic carbocycles. The van der Waals surface area contributed by atoms with Gasteiger partial charge in [0.15, 0.2) is 0 Å². The summed E-state index contributed by atoms with van der Waals surface area (Å²) in [6, 6.07) is 6.13. The van der Waals surface area contributed by atoms with Crippen LogP contribution in [0.15, 0.2) is 29.2 Å². The molecule has 0 aliphatic heterocycles. The molecule has 1 aromatic carbocycles. The standard InChI is InChI=1S/C13H19N3O3S.ClH/c1-14-7-8-15-13(17)10-3-2-4-12(9-10)20(18,19)16-11-5-6-11;/h2-4,9,11,14,16H,5-8H2,1H3,(H,15,17);1H. The number of likely N-dealkylation sites (N-methyl/N-ethyl adjacent to an activating group) is 1. The molecule has 1 saturated carbocycles. The van der Waals surface area contributed by atoms with Crippen LogP contribution in [0.5, 0.6) is 0 Å². The average Bonchev–Trinajstić information content (AvgIpc) is 3.22. The van der Waals surface area contributed by atoms with Crippen molar-refractivity contribution in [3.8, 4) is 0 Å². The number of hydrogen-bond acceptors (Lipinski definition) is 4. The first-order valence-corrected chi connectivity index (χ1v) is 8.06. The average molecular weight is 334 g/mol. The molecule has 21 heavy (non-hydrogen) atoms. The van der Waals surface area contributed by atoms with Crippen LogP contribution < -0.4 is 15.4 Å². The number of benzene rings is 1. The first kappa shape index (κ1) is 17.9. The third kappa shape index (κ3) is 5.28. The molecule has 1 aliphatic rings. The lowest BCUT2D eigenvalue weighted by molar-refractivity contribution is 0.0954. The van der Waals surface area contributed by atoms with Gasteiger partial charge in [0, 0.05) is 24.7 Å². The van der Waals surface area contributed by atoms with Gasteiger partial charge in [-0.25, -0.2) is 13.1 Å². The van der Waals surface area contributed by atoms with Gasteiger partial charge in [0.05, 0.1) is 4.90 Å². The van der Waals surface area contributed by atoms with Gasteiger partial charge in [0.2, 0.25) is 10.0 Å². The lowest BCUT2D eigenvalue weighted by Gasteiger charge is -2.08. The Bertz CT molecular complexity index is 588. The number of nitrogens with one attached hydrogen (secondary N) is 3. The van der Waals surface area contributed by atoms with E-state index < -0.39 is 10.0 Å². The molecule has 118 valence electrons. The Morgan fingerprint density at radius 2 is 2.00 bits per heavy atom. The number of rotatable bonds is 7. The Morgan fingerprint density at radius 3 is 2.62 bits per heavy atom. The second-order valence-corrected chi connectivity index (χ2v) is 6.50. The van der Waals surface area contributed by atoms with E-state index >= 15 is 0 Å². The van der Waals surface area contributed by atoms with Gasteiger partial charge in [-0.15, -0.1) is 12.4 Å². The van der Waals surface area contributed by atoms with Crippen LogP contribution in [0.3, 0.4) is 0 Å². The summed E-state index contributed by atoms with van der Waals surface area (Å²) in [6.45, 7) is 1.15. The monoisotopic (exact) mass is 333 g/mol. The van der Waals surface area contributed by atoms with Crippen molar-refractivity contribution in [2.45, 2.75) is 23.8 Å². The number of hydrogen-bond donors (Lipinski definition) is 3. The van der Waals surface area contributed by atoms with Crippen molar-refractivity contribution < 1.29 is 13.2 Å². The summed E-state index contributed by atoms with van der Waals surface area (Å²) in [7, 11) is -1.73. The van der Waals surface area contributed by atoms with Crippen LogP contribution in [0.2, 0.25) is 0 Å². The summed E-state index contributed by atoms with van der Waals surface area (Å²) in [5.74, 6) is -0.274. The fraction of sp³-hybridized carbons (Fsp3) is 0.462. The molecule has 0 unspecified atom stereocenters. The van der Waals surface area contributed by atoms with E-state index in [9.17, 15) is 13.2 Å². The Labute approximate surface area is 131 Å². The van der Waals surface area contributed by atoms with Crippen LogP contribution in [-0.2, 0) is 10.0 Å². The largest absolute Gasteiger partial charge is 0.351 e. The van der Waals surface area contributed by atoms with E-state index in [-0.39, 0.29) is 29.3 Å². The molecule has 0 radical (unpaired) electrons. The summed E-state index contributed by atoms with van der Waals surface area (Å²) >= 11 is 0. The fourth-order valence-electron chi connectivity index (χ4n) is 1.70. The molecule has 0 heterocycles. The lowest BCUT2D eigenvalue weighted by Crippen LogP contribution is -2.31. The minimum Gasteiger partial charge on any atom is -0.351 e. The number of sulfonamides is 1.